The Morgan fingerprint density at radius 3 is 2.02 bits per heavy atom. The van der Waals surface area contributed by atoms with Crippen molar-refractivity contribution in [1.82, 2.24) is 9.97 Å². The second-order valence-electron chi connectivity index (χ2n) is 11.3. The topological polar surface area (TPSA) is 41.5 Å². The fourth-order valence-electron chi connectivity index (χ4n) is 5.89. The first kappa shape index (κ1) is 30.9. The van der Waals surface area contributed by atoms with E-state index in [9.17, 15) is 26.3 Å². The number of para-hydroxylation sites is 2. The molecule has 3 aromatic carbocycles. The van der Waals surface area contributed by atoms with Gasteiger partial charge in [-0.2, -0.15) is 26.3 Å². The van der Waals surface area contributed by atoms with Crippen molar-refractivity contribution in [3.05, 3.63) is 113 Å². The Kier molecular flexibility index (Phi) is 7.66. The molecule has 0 fully saturated rings. The fourth-order valence-corrected chi connectivity index (χ4v) is 5.89. The minimum atomic E-state index is -4.82. The maximum absolute atomic E-state index is 14.2. The molecule has 0 spiro atoms. The highest BCUT2D eigenvalue weighted by Crippen LogP contribution is 2.45. The van der Waals surface area contributed by atoms with E-state index in [1.54, 1.807) is 12.1 Å². The summed E-state index contributed by atoms with van der Waals surface area (Å²) in [4.78, 5) is 11.8. The molecular formula is C35H28F6N4O. The summed E-state index contributed by atoms with van der Waals surface area (Å²) in [5.41, 5.74) is 5.15. The summed E-state index contributed by atoms with van der Waals surface area (Å²) in [6, 6.07) is 20.2. The molecule has 2 aromatic heterocycles. The van der Waals surface area contributed by atoms with Crippen LogP contribution in [0.15, 0.2) is 85.2 Å². The van der Waals surface area contributed by atoms with Crippen molar-refractivity contribution in [3.63, 3.8) is 0 Å². The van der Waals surface area contributed by atoms with Crippen LogP contribution in [-0.2, 0) is 12.4 Å². The van der Waals surface area contributed by atoms with Gasteiger partial charge >= 0.3 is 12.4 Å². The zero-order chi connectivity index (χ0) is 33.0. The van der Waals surface area contributed by atoms with Crippen LogP contribution in [0.3, 0.4) is 0 Å². The number of aryl methyl sites for hydroxylation is 3. The summed E-state index contributed by atoms with van der Waals surface area (Å²) in [5, 5.41) is 0. The van der Waals surface area contributed by atoms with Gasteiger partial charge < -0.3 is 14.5 Å². The van der Waals surface area contributed by atoms with Gasteiger partial charge in [0.25, 0.3) is 0 Å². The molecule has 0 amide bonds. The minimum Gasteiger partial charge on any atom is -0.456 e. The van der Waals surface area contributed by atoms with E-state index < -0.39 is 29.2 Å². The van der Waals surface area contributed by atoms with Crippen molar-refractivity contribution < 1.29 is 31.1 Å². The van der Waals surface area contributed by atoms with Crippen molar-refractivity contribution in [2.45, 2.75) is 33.1 Å². The minimum absolute atomic E-state index is 0.0383. The SMILES string of the molecule is Cc1cc(C)c(-c2cc(Oc3cc(-c4ccc(C(F)(F)F)cn4)ncc3C(F)(F)F)cc(N3CN(C)c4ccccc43)c2)c(C)c1. The third kappa shape index (κ3) is 5.96. The Morgan fingerprint density at radius 2 is 1.39 bits per heavy atom. The monoisotopic (exact) mass is 634 g/mol. The summed E-state index contributed by atoms with van der Waals surface area (Å²) < 4.78 is 87.9. The number of rotatable bonds is 5. The van der Waals surface area contributed by atoms with Crippen LogP contribution in [0.2, 0.25) is 0 Å². The molecule has 6 rings (SSSR count). The summed E-state index contributed by atoms with van der Waals surface area (Å²) in [6.45, 7) is 6.46. The largest absolute Gasteiger partial charge is 0.456 e. The molecule has 1 aliphatic rings. The molecule has 0 radical (unpaired) electrons. The van der Waals surface area contributed by atoms with Crippen molar-refractivity contribution in [3.8, 4) is 34.0 Å². The van der Waals surface area contributed by atoms with Crippen LogP contribution in [0, 0.1) is 20.8 Å². The molecule has 0 saturated heterocycles. The van der Waals surface area contributed by atoms with E-state index in [-0.39, 0.29) is 17.1 Å². The average Bonchev–Trinajstić information content (AvgIpc) is 3.32. The Labute approximate surface area is 261 Å². The van der Waals surface area contributed by atoms with Crippen LogP contribution in [0.5, 0.6) is 11.5 Å². The van der Waals surface area contributed by atoms with Crippen LogP contribution in [0.1, 0.15) is 27.8 Å². The number of alkyl halides is 6. The summed E-state index contributed by atoms with van der Waals surface area (Å²) in [7, 11) is 1.96. The molecule has 0 aliphatic carbocycles. The van der Waals surface area contributed by atoms with E-state index in [0.29, 0.717) is 24.7 Å². The van der Waals surface area contributed by atoms with Crippen LogP contribution < -0.4 is 14.5 Å². The molecule has 0 bridgehead atoms. The van der Waals surface area contributed by atoms with Crippen molar-refractivity contribution in [2.75, 3.05) is 23.5 Å². The molecule has 0 N–H and O–H groups in total. The van der Waals surface area contributed by atoms with Gasteiger partial charge in [-0.15, -0.1) is 0 Å². The molecule has 46 heavy (non-hydrogen) atoms. The normalized spacial score (nSPS) is 13.3. The molecule has 5 nitrogen and oxygen atoms in total. The van der Waals surface area contributed by atoms with Crippen LogP contribution >= 0.6 is 0 Å². The molecule has 11 heteroatoms. The van der Waals surface area contributed by atoms with E-state index in [0.717, 1.165) is 57.4 Å². The first-order valence-electron chi connectivity index (χ1n) is 14.3. The molecule has 236 valence electrons. The van der Waals surface area contributed by atoms with Gasteiger partial charge in [0.1, 0.15) is 17.1 Å². The number of aromatic nitrogens is 2. The second kappa shape index (κ2) is 11.4. The molecule has 0 unspecified atom stereocenters. The summed E-state index contributed by atoms with van der Waals surface area (Å²) in [5.74, 6) is -0.416. The quantitative estimate of drug-likeness (QED) is 0.180. The first-order valence-corrected chi connectivity index (χ1v) is 14.3. The molecule has 0 saturated carbocycles. The first-order chi connectivity index (χ1) is 21.7. The molecule has 0 atom stereocenters. The van der Waals surface area contributed by atoms with Gasteiger partial charge in [-0.05, 0) is 79.4 Å². The van der Waals surface area contributed by atoms with E-state index in [2.05, 4.69) is 19.8 Å². The van der Waals surface area contributed by atoms with Crippen LogP contribution in [0.25, 0.3) is 22.5 Å². The number of pyridine rings is 2. The smallest absolute Gasteiger partial charge is 0.421 e. The molecule has 1 aliphatic heterocycles. The van der Waals surface area contributed by atoms with Crippen LogP contribution in [-0.4, -0.2) is 23.7 Å². The van der Waals surface area contributed by atoms with E-state index in [4.69, 9.17) is 4.74 Å². The number of nitrogens with zero attached hydrogens (tertiary/aromatic N) is 4. The zero-order valence-corrected chi connectivity index (χ0v) is 25.3. The maximum Gasteiger partial charge on any atom is 0.421 e. The lowest BCUT2D eigenvalue weighted by molar-refractivity contribution is -0.139. The van der Waals surface area contributed by atoms with Gasteiger partial charge in [-0.1, -0.05) is 29.8 Å². The second-order valence-corrected chi connectivity index (χ2v) is 11.3. The number of ether oxygens (including phenoxy) is 1. The highest BCUT2D eigenvalue weighted by atomic mass is 19.4. The maximum atomic E-state index is 14.2. The third-order valence-corrected chi connectivity index (χ3v) is 7.86. The fraction of sp³-hybridized carbons (Fsp3) is 0.200. The van der Waals surface area contributed by atoms with Gasteiger partial charge in [-0.3, -0.25) is 9.97 Å². The van der Waals surface area contributed by atoms with E-state index in [1.807, 2.05) is 70.3 Å². The van der Waals surface area contributed by atoms with Crippen molar-refractivity contribution in [2.24, 2.45) is 0 Å². The van der Waals surface area contributed by atoms with Gasteiger partial charge in [0.05, 0.1) is 35.0 Å². The summed E-state index contributed by atoms with van der Waals surface area (Å²) >= 11 is 0. The standard InChI is InChI=1S/C35H28F6N4O/c1-20-11-21(2)33(22(3)12-20)23-13-25(45-19-44(4)30-7-5-6-8-31(30)45)15-26(14-23)46-32-16-29(43-18-27(32)35(39,40)41)28-10-9-24(17-42-28)34(36,37)38/h5-18H,19H2,1-4H3. The predicted molar refractivity (Wildman–Crippen MR) is 165 cm³/mol. The number of fused-ring (bicyclic) bond motifs is 1. The van der Waals surface area contributed by atoms with Gasteiger partial charge in [0, 0.05) is 37.3 Å². The Balaban J connectivity index is 1.49. The highest BCUT2D eigenvalue weighted by Gasteiger charge is 2.36. The lowest BCUT2D eigenvalue weighted by Crippen LogP contribution is -2.24. The summed E-state index contributed by atoms with van der Waals surface area (Å²) in [6.07, 6.45) is -8.22. The van der Waals surface area contributed by atoms with Crippen LogP contribution in [0.4, 0.5) is 43.4 Å². The van der Waals surface area contributed by atoms with Gasteiger partial charge in [0.15, 0.2) is 0 Å². The van der Waals surface area contributed by atoms with Crippen molar-refractivity contribution in [1.29, 1.82) is 0 Å². The highest BCUT2D eigenvalue weighted by molar-refractivity contribution is 5.85. The average molecular weight is 635 g/mol. The van der Waals surface area contributed by atoms with E-state index in [1.165, 1.54) is 0 Å². The van der Waals surface area contributed by atoms with Crippen molar-refractivity contribution >= 4 is 17.1 Å². The number of benzene rings is 3. The number of hydrogen-bond acceptors (Lipinski definition) is 5. The van der Waals surface area contributed by atoms with E-state index >= 15 is 0 Å². The number of anilines is 3. The predicted octanol–water partition coefficient (Wildman–Crippen LogP) is 10.1. The molecule has 5 aromatic rings. The zero-order valence-electron chi connectivity index (χ0n) is 25.3. The number of halogens is 6. The number of hydrogen-bond donors (Lipinski definition) is 0. The lowest BCUT2D eigenvalue weighted by Gasteiger charge is -2.23. The molecule has 3 heterocycles. The Bertz CT molecular complexity index is 1910. The lowest BCUT2D eigenvalue weighted by atomic mass is 9.93. The molecular weight excluding hydrogens is 606 g/mol. The van der Waals surface area contributed by atoms with Gasteiger partial charge in [-0.25, -0.2) is 0 Å². The Morgan fingerprint density at radius 1 is 0.717 bits per heavy atom. The van der Waals surface area contributed by atoms with Gasteiger partial charge in [0.2, 0.25) is 0 Å². The Hall–Kier alpha value is -5.06. The third-order valence-electron chi connectivity index (χ3n) is 7.86.